The van der Waals surface area contributed by atoms with Crippen molar-refractivity contribution in [3.05, 3.63) is 46.7 Å². The molecular formula is C15H18O2. The maximum atomic E-state index is 12.0. The van der Waals surface area contributed by atoms with Gasteiger partial charge in [-0.25, -0.2) is 0 Å². The molecule has 0 atom stereocenters. The molecule has 1 aliphatic heterocycles. The highest BCUT2D eigenvalue weighted by Crippen LogP contribution is 2.15. The van der Waals surface area contributed by atoms with E-state index >= 15 is 0 Å². The highest BCUT2D eigenvalue weighted by atomic mass is 16.5. The normalized spacial score (nSPS) is 15.1. The molecule has 0 aliphatic carbocycles. The molecule has 0 amide bonds. The van der Waals surface area contributed by atoms with Crippen LogP contribution in [0.3, 0.4) is 0 Å². The summed E-state index contributed by atoms with van der Waals surface area (Å²) >= 11 is 0. The standard InChI is InChI=1S/C15H18O2/c1-11-6-7-13(9-12(11)2)10-14(16)15-5-3-4-8-17-15/h5-7,9H,3-4,8,10H2,1-2H3. The van der Waals surface area contributed by atoms with Gasteiger partial charge in [0, 0.05) is 6.42 Å². The van der Waals surface area contributed by atoms with Crippen LogP contribution in [-0.4, -0.2) is 12.4 Å². The summed E-state index contributed by atoms with van der Waals surface area (Å²) in [5.74, 6) is 0.641. The number of hydrogen-bond acceptors (Lipinski definition) is 2. The first-order valence-corrected chi connectivity index (χ1v) is 6.09. The Morgan fingerprint density at radius 2 is 2.12 bits per heavy atom. The van der Waals surface area contributed by atoms with Crippen molar-refractivity contribution in [3.8, 4) is 0 Å². The van der Waals surface area contributed by atoms with Crippen LogP contribution in [0.25, 0.3) is 0 Å². The van der Waals surface area contributed by atoms with Gasteiger partial charge in [-0.3, -0.25) is 4.79 Å². The predicted molar refractivity (Wildman–Crippen MR) is 67.9 cm³/mol. The van der Waals surface area contributed by atoms with Gasteiger partial charge in [0.15, 0.2) is 5.76 Å². The largest absolute Gasteiger partial charge is 0.490 e. The fourth-order valence-electron chi connectivity index (χ4n) is 1.94. The number of ketones is 1. The van der Waals surface area contributed by atoms with Crippen molar-refractivity contribution < 1.29 is 9.53 Å². The molecule has 2 rings (SSSR count). The van der Waals surface area contributed by atoms with Crippen LogP contribution in [0.2, 0.25) is 0 Å². The molecular weight excluding hydrogens is 212 g/mol. The van der Waals surface area contributed by atoms with E-state index in [0.717, 1.165) is 18.4 Å². The Balaban J connectivity index is 2.07. The third kappa shape index (κ3) is 2.96. The van der Waals surface area contributed by atoms with Crippen LogP contribution in [0.15, 0.2) is 30.0 Å². The fraction of sp³-hybridized carbons (Fsp3) is 0.400. The lowest BCUT2D eigenvalue weighted by atomic mass is 10.0. The van der Waals surface area contributed by atoms with Crippen molar-refractivity contribution >= 4 is 5.78 Å². The van der Waals surface area contributed by atoms with Gasteiger partial charge in [-0.2, -0.15) is 0 Å². The summed E-state index contributed by atoms with van der Waals surface area (Å²) in [5.41, 5.74) is 3.55. The highest BCUT2D eigenvalue weighted by Gasteiger charge is 2.14. The van der Waals surface area contributed by atoms with Crippen LogP contribution >= 0.6 is 0 Å². The lowest BCUT2D eigenvalue weighted by Crippen LogP contribution is -2.13. The molecule has 90 valence electrons. The Morgan fingerprint density at radius 3 is 2.76 bits per heavy atom. The average Bonchev–Trinajstić information content (AvgIpc) is 2.35. The molecule has 0 bridgehead atoms. The van der Waals surface area contributed by atoms with E-state index < -0.39 is 0 Å². The second kappa shape index (κ2) is 5.17. The maximum absolute atomic E-state index is 12.0. The highest BCUT2D eigenvalue weighted by molar-refractivity contribution is 5.95. The monoisotopic (exact) mass is 230 g/mol. The molecule has 2 heteroatoms. The van der Waals surface area contributed by atoms with E-state index in [9.17, 15) is 4.79 Å². The third-order valence-electron chi connectivity index (χ3n) is 3.15. The van der Waals surface area contributed by atoms with Gasteiger partial charge in [0.25, 0.3) is 0 Å². The van der Waals surface area contributed by atoms with Crippen molar-refractivity contribution in [3.63, 3.8) is 0 Å². The zero-order valence-electron chi connectivity index (χ0n) is 10.5. The fourth-order valence-corrected chi connectivity index (χ4v) is 1.94. The van der Waals surface area contributed by atoms with Gasteiger partial charge in [0.1, 0.15) is 0 Å². The number of carbonyl (C=O) groups excluding carboxylic acids is 1. The Bertz CT molecular complexity index is 458. The lowest BCUT2D eigenvalue weighted by Gasteiger charge is -2.14. The van der Waals surface area contributed by atoms with Gasteiger partial charge >= 0.3 is 0 Å². The molecule has 0 N–H and O–H groups in total. The lowest BCUT2D eigenvalue weighted by molar-refractivity contribution is -0.118. The second-order valence-electron chi connectivity index (χ2n) is 4.58. The van der Waals surface area contributed by atoms with Gasteiger partial charge in [0.2, 0.25) is 5.78 Å². The van der Waals surface area contributed by atoms with Crippen LogP contribution in [-0.2, 0) is 16.0 Å². The summed E-state index contributed by atoms with van der Waals surface area (Å²) in [6.45, 7) is 4.82. The Morgan fingerprint density at radius 1 is 1.29 bits per heavy atom. The Labute approximate surface area is 102 Å². The summed E-state index contributed by atoms with van der Waals surface area (Å²) < 4.78 is 5.38. The summed E-state index contributed by atoms with van der Waals surface area (Å²) in [4.78, 5) is 12.0. The van der Waals surface area contributed by atoms with E-state index in [1.807, 2.05) is 12.1 Å². The van der Waals surface area contributed by atoms with Crippen LogP contribution in [0.5, 0.6) is 0 Å². The minimum atomic E-state index is 0.0907. The molecule has 0 saturated carbocycles. The first-order valence-electron chi connectivity index (χ1n) is 6.09. The quantitative estimate of drug-likeness (QED) is 0.797. The maximum Gasteiger partial charge on any atom is 0.201 e. The van der Waals surface area contributed by atoms with Crippen LogP contribution < -0.4 is 0 Å². The Kier molecular flexibility index (Phi) is 3.62. The molecule has 0 saturated heterocycles. The molecule has 0 fully saturated rings. The minimum Gasteiger partial charge on any atom is -0.490 e. The van der Waals surface area contributed by atoms with Gasteiger partial charge in [0.05, 0.1) is 6.61 Å². The molecule has 0 unspecified atom stereocenters. The van der Waals surface area contributed by atoms with E-state index in [1.165, 1.54) is 11.1 Å². The topological polar surface area (TPSA) is 26.3 Å². The van der Waals surface area contributed by atoms with Crippen molar-refractivity contribution in [1.82, 2.24) is 0 Å². The number of carbonyl (C=O) groups is 1. The number of ether oxygens (including phenoxy) is 1. The van der Waals surface area contributed by atoms with Gasteiger partial charge in [-0.05, 0) is 49.5 Å². The van der Waals surface area contributed by atoms with Gasteiger partial charge in [-0.15, -0.1) is 0 Å². The van der Waals surface area contributed by atoms with E-state index in [1.54, 1.807) is 0 Å². The van der Waals surface area contributed by atoms with Crippen molar-refractivity contribution in [2.24, 2.45) is 0 Å². The van der Waals surface area contributed by atoms with Gasteiger partial charge < -0.3 is 4.74 Å². The molecule has 17 heavy (non-hydrogen) atoms. The van der Waals surface area contributed by atoms with E-state index in [-0.39, 0.29) is 5.78 Å². The SMILES string of the molecule is Cc1ccc(CC(=O)C2=CCCCO2)cc1C. The summed E-state index contributed by atoms with van der Waals surface area (Å²) in [6.07, 6.45) is 4.31. The zero-order valence-corrected chi connectivity index (χ0v) is 10.5. The number of allylic oxidation sites excluding steroid dienone is 2. The molecule has 0 radical (unpaired) electrons. The summed E-state index contributed by atoms with van der Waals surface area (Å²) in [5, 5.41) is 0. The number of rotatable bonds is 3. The first-order chi connectivity index (χ1) is 8.16. The number of benzene rings is 1. The smallest absolute Gasteiger partial charge is 0.201 e. The first kappa shape index (κ1) is 11.9. The van der Waals surface area contributed by atoms with E-state index in [4.69, 9.17) is 4.74 Å². The predicted octanol–water partition coefficient (Wildman–Crippen LogP) is 3.11. The van der Waals surface area contributed by atoms with Crippen molar-refractivity contribution in [2.45, 2.75) is 33.1 Å². The molecule has 0 aromatic heterocycles. The molecule has 1 heterocycles. The molecule has 1 aromatic rings. The summed E-state index contributed by atoms with van der Waals surface area (Å²) in [7, 11) is 0. The number of Topliss-reactive ketones (excluding diaryl/α,β-unsaturated/α-hetero) is 1. The number of aryl methyl sites for hydroxylation is 2. The molecule has 2 nitrogen and oxygen atoms in total. The van der Waals surface area contributed by atoms with Crippen LogP contribution in [0.4, 0.5) is 0 Å². The van der Waals surface area contributed by atoms with Crippen molar-refractivity contribution in [2.75, 3.05) is 6.61 Å². The molecule has 1 aliphatic rings. The Hall–Kier alpha value is -1.57. The van der Waals surface area contributed by atoms with Gasteiger partial charge in [-0.1, -0.05) is 18.2 Å². The summed E-state index contributed by atoms with van der Waals surface area (Å²) in [6, 6.07) is 6.16. The van der Waals surface area contributed by atoms with Crippen LogP contribution in [0.1, 0.15) is 29.5 Å². The number of hydrogen-bond donors (Lipinski definition) is 0. The molecule has 0 spiro atoms. The second-order valence-corrected chi connectivity index (χ2v) is 4.58. The third-order valence-corrected chi connectivity index (χ3v) is 3.15. The van der Waals surface area contributed by atoms with Crippen LogP contribution in [0, 0.1) is 13.8 Å². The zero-order chi connectivity index (χ0) is 12.3. The minimum absolute atomic E-state index is 0.0907. The van der Waals surface area contributed by atoms with E-state index in [2.05, 4.69) is 26.0 Å². The van der Waals surface area contributed by atoms with E-state index in [0.29, 0.717) is 18.8 Å². The van der Waals surface area contributed by atoms with Crippen molar-refractivity contribution in [1.29, 1.82) is 0 Å². The molecule has 1 aromatic carbocycles. The average molecular weight is 230 g/mol.